The van der Waals surface area contributed by atoms with Gasteiger partial charge in [-0.1, -0.05) is 23.7 Å². The van der Waals surface area contributed by atoms with Crippen molar-refractivity contribution in [3.63, 3.8) is 0 Å². The number of benzene rings is 2. The number of carbonyl (C=O) groups is 1. The van der Waals surface area contributed by atoms with Gasteiger partial charge in [-0.3, -0.25) is 4.79 Å². The highest BCUT2D eigenvalue weighted by molar-refractivity contribution is 7.88. The average Bonchev–Trinajstić information content (AvgIpc) is 2.80. The lowest BCUT2D eigenvalue weighted by Gasteiger charge is -2.31. The minimum atomic E-state index is -3.52. The number of amides is 1. The van der Waals surface area contributed by atoms with Crippen molar-refractivity contribution in [2.24, 2.45) is 5.92 Å². The Morgan fingerprint density at radius 2 is 1.75 bits per heavy atom. The topological polar surface area (TPSA) is 69.7 Å². The summed E-state index contributed by atoms with van der Waals surface area (Å²) in [5.41, 5.74) is 2.58. The highest BCUT2D eigenvalue weighted by Gasteiger charge is 2.32. The zero-order chi connectivity index (χ0) is 22.6. The fourth-order valence-corrected chi connectivity index (χ4v) is 6.30. The van der Waals surface area contributed by atoms with E-state index >= 15 is 0 Å². The first-order valence-electron chi connectivity index (χ1n) is 11.3. The molecule has 2 aliphatic rings. The molecule has 1 amide bonds. The van der Waals surface area contributed by atoms with E-state index in [2.05, 4.69) is 10.2 Å². The van der Waals surface area contributed by atoms with Crippen LogP contribution < -0.4 is 10.2 Å². The first-order chi connectivity index (χ1) is 15.4. The molecule has 2 aliphatic heterocycles. The Hall–Kier alpha value is -2.09. The number of hydrogen-bond donors (Lipinski definition) is 1. The Labute approximate surface area is 195 Å². The lowest BCUT2D eigenvalue weighted by molar-refractivity contribution is -0.120. The Balaban J connectivity index is 1.35. The van der Waals surface area contributed by atoms with Crippen molar-refractivity contribution in [2.45, 2.75) is 37.9 Å². The predicted octanol–water partition coefficient (Wildman–Crippen LogP) is 4.51. The third kappa shape index (κ3) is 5.82. The van der Waals surface area contributed by atoms with Crippen LogP contribution in [0.2, 0.25) is 5.02 Å². The van der Waals surface area contributed by atoms with Gasteiger partial charge in [0.2, 0.25) is 15.9 Å². The molecule has 0 saturated carbocycles. The Morgan fingerprint density at radius 1 is 1.00 bits per heavy atom. The number of carbonyl (C=O) groups excluding carboxylic acids is 1. The summed E-state index contributed by atoms with van der Waals surface area (Å²) in [4.78, 5) is 15.2. The summed E-state index contributed by atoms with van der Waals surface area (Å²) in [5.74, 6) is -0.599. The molecule has 0 bridgehead atoms. The van der Waals surface area contributed by atoms with Gasteiger partial charge in [0.15, 0.2) is 0 Å². The summed E-state index contributed by atoms with van der Waals surface area (Å²) in [6, 6.07) is 14.8. The number of nitrogens with zero attached hydrogens (tertiary/aromatic N) is 2. The van der Waals surface area contributed by atoms with E-state index in [0.29, 0.717) is 30.0 Å². The molecule has 6 nitrogen and oxygen atoms in total. The maximum absolute atomic E-state index is 12.9. The first-order valence-corrected chi connectivity index (χ1v) is 13.3. The van der Waals surface area contributed by atoms with Gasteiger partial charge in [0, 0.05) is 42.6 Å². The second kappa shape index (κ2) is 10.2. The molecule has 8 heteroatoms. The van der Waals surface area contributed by atoms with Crippen molar-refractivity contribution in [3.8, 4) is 0 Å². The number of sulfonamides is 1. The first kappa shape index (κ1) is 23.1. The van der Waals surface area contributed by atoms with Crippen molar-refractivity contribution >= 4 is 38.9 Å². The minimum absolute atomic E-state index is 0.111. The molecule has 0 aliphatic carbocycles. The summed E-state index contributed by atoms with van der Waals surface area (Å²) in [7, 11) is -3.52. The molecule has 2 heterocycles. The third-order valence-electron chi connectivity index (χ3n) is 6.24. The molecule has 0 unspecified atom stereocenters. The lowest BCUT2D eigenvalue weighted by Crippen LogP contribution is -2.44. The van der Waals surface area contributed by atoms with E-state index in [0.717, 1.165) is 18.8 Å². The van der Waals surface area contributed by atoms with Gasteiger partial charge < -0.3 is 10.2 Å². The van der Waals surface area contributed by atoms with Crippen LogP contribution in [0.15, 0.2) is 48.5 Å². The van der Waals surface area contributed by atoms with Crippen molar-refractivity contribution in [2.75, 3.05) is 36.4 Å². The van der Waals surface area contributed by atoms with E-state index in [-0.39, 0.29) is 24.1 Å². The van der Waals surface area contributed by atoms with Crippen LogP contribution in [0, 0.1) is 5.92 Å². The molecule has 4 rings (SSSR count). The van der Waals surface area contributed by atoms with E-state index in [1.165, 1.54) is 29.3 Å². The van der Waals surface area contributed by atoms with E-state index in [1.807, 2.05) is 24.3 Å². The van der Waals surface area contributed by atoms with Crippen LogP contribution >= 0.6 is 11.6 Å². The summed E-state index contributed by atoms with van der Waals surface area (Å²) < 4.78 is 27.3. The molecule has 1 N–H and O–H groups in total. The third-order valence-corrected chi connectivity index (χ3v) is 8.29. The van der Waals surface area contributed by atoms with E-state index < -0.39 is 10.0 Å². The number of rotatable bonds is 6. The molecular formula is C24H30ClN3O3S. The van der Waals surface area contributed by atoms with Gasteiger partial charge in [0.25, 0.3) is 0 Å². The SMILES string of the molecule is O=C(Nc1ccc(N2CCCCC2)cc1)[C@H]1CCCN(S(=O)(=O)Cc2cccc(Cl)c2)C1. The van der Waals surface area contributed by atoms with Crippen LogP contribution in [0.5, 0.6) is 0 Å². The molecule has 0 aromatic heterocycles. The molecule has 2 aromatic rings. The van der Waals surface area contributed by atoms with Gasteiger partial charge in [0.05, 0.1) is 11.7 Å². The Morgan fingerprint density at radius 3 is 2.47 bits per heavy atom. The highest BCUT2D eigenvalue weighted by Crippen LogP contribution is 2.25. The van der Waals surface area contributed by atoms with Gasteiger partial charge in [-0.2, -0.15) is 0 Å². The van der Waals surface area contributed by atoms with E-state index in [1.54, 1.807) is 24.3 Å². The maximum atomic E-state index is 12.9. The Bertz CT molecular complexity index is 1040. The van der Waals surface area contributed by atoms with Crippen LogP contribution in [-0.4, -0.2) is 44.8 Å². The van der Waals surface area contributed by atoms with Crippen molar-refractivity contribution in [3.05, 3.63) is 59.1 Å². The van der Waals surface area contributed by atoms with Crippen LogP contribution in [-0.2, 0) is 20.6 Å². The molecule has 172 valence electrons. The standard InChI is InChI=1S/C24H30ClN3O3S/c25-21-8-4-6-19(16-21)18-32(30,31)28-15-5-7-20(17-28)24(29)26-22-9-11-23(12-10-22)27-13-2-1-3-14-27/h4,6,8-12,16,20H,1-3,5,7,13-15,17-18H2,(H,26,29)/t20-/m0/s1. The molecule has 0 radical (unpaired) electrons. The highest BCUT2D eigenvalue weighted by atomic mass is 35.5. The predicted molar refractivity (Wildman–Crippen MR) is 130 cm³/mol. The number of hydrogen-bond acceptors (Lipinski definition) is 4. The van der Waals surface area contributed by atoms with E-state index in [4.69, 9.17) is 11.6 Å². The van der Waals surface area contributed by atoms with Crippen LogP contribution in [0.1, 0.15) is 37.7 Å². The second-order valence-corrected chi connectivity index (χ2v) is 11.1. The van der Waals surface area contributed by atoms with Gasteiger partial charge in [-0.15, -0.1) is 0 Å². The summed E-state index contributed by atoms with van der Waals surface area (Å²) >= 11 is 5.99. The van der Waals surface area contributed by atoms with Crippen molar-refractivity contribution in [1.82, 2.24) is 4.31 Å². The molecular weight excluding hydrogens is 446 g/mol. The van der Waals surface area contributed by atoms with E-state index in [9.17, 15) is 13.2 Å². The molecule has 2 aromatic carbocycles. The number of anilines is 2. The second-order valence-electron chi connectivity index (χ2n) is 8.67. The summed E-state index contributed by atoms with van der Waals surface area (Å²) in [6.07, 6.45) is 5.08. The van der Waals surface area contributed by atoms with Gasteiger partial charge >= 0.3 is 0 Å². The molecule has 32 heavy (non-hydrogen) atoms. The van der Waals surface area contributed by atoms with Crippen molar-refractivity contribution in [1.29, 1.82) is 0 Å². The number of halogens is 1. The number of piperidine rings is 2. The van der Waals surface area contributed by atoms with Crippen LogP contribution in [0.4, 0.5) is 11.4 Å². The number of nitrogens with one attached hydrogen (secondary N) is 1. The fourth-order valence-electron chi connectivity index (χ4n) is 4.49. The fraction of sp³-hybridized carbons (Fsp3) is 0.458. The summed E-state index contributed by atoms with van der Waals surface area (Å²) in [5, 5.41) is 3.49. The normalized spacial score (nSPS) is 20.2. The molecule has 0 spiro atoms. The minimum Gasteiger partial charge on any atom is -0.372 e. The van der Waals surface area contributed by atoms with Gasteiger partial charge in [-0.25, -0.2) is 12.7 Å². The molecule has 2 fully saturated rings. The Kier molecular flexibility index (Phi) is 7.38. The van der Waals surface area contributed by atoms with Gasteiger partial charge in [-0.05, 0) is 74.1 Å². The summed E-state index contributed by atoms with van der Waals surface area (Å²) in [6.45, 7) is 2.80. The monoisotopic (exact) mass is 475 g/mol. The lowest BCUT2D eigenvalue weighted by atomic mass is 9.98. The molecule has 2 saturated heterocycles. The largest absolute Gasteiger partial charge is 0.372 e. The van der Waals surface area contributed by atoms with Crippen LogP contribution in [0.25, 0.3) is 0 Å². The van der Waals surface area contributed by atoms with Crippen molar-refractivity contribution < 1.29 is 13.2 Å². The average molecular weight is 476 g/mol. The smallest absolute Gasteiger partial charge is 0.228 e. The zero-order valence-electron chi connectivity index (χ0n) is 18.2. The van der Waals surface area contributed by atoms with Crippen LogP contribution in [0.3, 0.4) is 0 Å². The quantitative estimate of drug-likeness (QED) is 0.667. The van der Waals surface area contributed by atoms with Gasteiger partial charge in [0.1, 0.15) is 0 Å². The maximum Gasteiger partial charge on any atom is 0.228 e. The zero-order valence-corrected chi connectivity index (χ0v) is 19.7. The molecule has 1 atom stereocenters.